The van der Waals surface area contributed by atoms with Crippen LogP contribution < -0.4 is 0 Å². The lowest BCUT2D eigenvalue weighted by Gasteiger charge is -2.54. The summed E-state index contributed by atoms with van der Waals surface area (Å²) in [6, 6.07) is 0. The first-order chi connectivity index (χ1) is 13.6. The van der Waals surface area contributed by atoms with Crippen LogP contribution in [0.15, 0.2) is 11.6 Å². The van der Waals surface area contributed by atoms with Crippen LogP contribution in [0.3, 0.4) is 0 Å². The predicted molar refractivity (Wildman–Crippen MR) is 113 cm³/mol. The fraction of sp³-hybridized carbons (Fsp3) is 0.846. The number of hydrogen-bond acceptors (Lipinski definition) is 3. The first-order valence-corrected chi connectivity index (χ1v) is 12.1. The second-order valence-electron chi connectivity index (χ2n) is 11.9. The highest BCUT2D eigenvalue weighted by Gasteiger charge is 2.77. The molecule has 0 aromatic rings. The number of hydrogen-bond donors (Lipinski definition) is 0. The average Bonchev–Trinajstić information content (AvgIpc) is 3.33. The van der Waals surface area contributed by atoms with Crippen molar-refractivity contribution in [1.29, 1.82) is 0 Å². The van der Waals surface area contributed by atoms with Crippen LogP contribution in [0.5, 0.6) is 0 Å². The molecule has 1 spiro atoms. The van der Waals surface area contributed by atoms with Crippen LogP contribution in [0.1, 0.15) is 86.0 Å². The lowest BCUT2D eigenvalue weighted by molar-refractivity contribution is -0.169. The fourth-order valence-electron chi connectivity index (χ4n) is 8.36. The van der Waals surface area contributed by atoms with E-state index < -0.39 is 0 Å². The van der Waals surface area contributed by atoms with Gasteiger partial charge in [0.1, 0.15) is 5.60 Å². The molecular weight excluding hydrogens is 360 g/mol. The standard InChI is InChI=1S/C26H38O3/c1-15(2)16(3)20-13-18(27)7-9-24(20,4)17-6-10-25(5)21(12-17)19-14-22(19)26(25)11-8-23(28)29-26/h13,15-17,19,21-22H,6-12,14H2,1-5H3/t16-,17+,19+,21-,22+,24-,25+,26+/m1/s1. The molecule has 0 radical (unpaired) electrons. The molecule has 160 valence electrons. The Morgan fingerprint density at radius 1 is 1.00 bits per heavy atom. The Labute approximate surface area is 176 Å². The van der Waals surface area contributed by atoms with Gasteiger partial charge in [-0.1, -0.05) is 40.2 Å². The third-order valence-corrected chi connectivity index (χ3v) is 10.5. The molecule has 0 unspecified atom stereocenters. The number of esters is 1. The molecule has 5 aliphatic rings. The maximum absolute atomic E-state index is 12.3. The van der Waals surface area contributed by atoms with Crippen LogP contribution in [0.25, 0.3) is 0 Å². The monoisotopic (exact) mass is 398 g/mol. The number of ether oxygens (including phenoxy) is 1. The Hall–Kier alpha value is -1.12. The molecule has 1 saturated heterocycles. The number of fused-ring (bicyclic) bond motifs is 5. The average molecular weight is 399 g/mol. The van der Waals surface area contributed by atoms with Gasteiger partial charge >= 0.3 is 5.97 Å². The molecule has 4 fully saturated rings. The van der Waals surface area contributed by atoms with Crippen LogP contribution in [-0.4, -0.2) is 17.4 Å². The van der Waals surface area contributed by atoms with Gasteiger partial charge in [-0.2, -0.15) is 0 Å². The summed E-state index contributed by atoms with van der Waals surface area (Å²) in [7, 11) is 0. The smallest absolute Gasteiger partial charge is 0.306 e. The Morgan fingerprint density at radius 2 is 1.76 bits per heavy atom. The van der Waals surface area contributed by atoms with Gasteiger partial charge in [0.2, 0.25) is 0 Å². The van der Waals surface area contributed by atoms with Crippen LogP contribution in [0.2, 0.25) is 0 Å². The largest absolute Gasteiger partial charge is 0.458 e. The maximum atomic E-state index is 12.3. The molecule has 8 atom stereocenters. The highest BCUT2D eigenvalue weighted by Crippen LogP contribution is 2.77. The number of ketones is 1. The van der Waals surface area contributed by atoms with Crippen molar-refractivity contribution < 1.29 is 14.3 Å². The molecule has 1 heterocycles. The van der Waals surface area contributed by atoms with Crippen molar-refractivity contribution in [3.8, 4) is 0 Å². The maximum Gasteiger partial charge on any atom is 0.306 e. The van der Waals surface area contributed by atoms with Crippen molar-refractivity contribution >= 4 is 11.8 Å². The highest BCUT2D eigenvalue weighted by molar-refractivity contribution is 5.91. The van der Waals surface area contributed by atoms with Crippen molar-refractivity contribution in [2.75, 3.05) is 0 Å². The van der Waals surface area contributed by atoms with E-state index in [9.17, 15) is 9.59 Å². The Bertz CT molecular complexity index is 781. The van der Waals surface area contributed by atoms with Crippen molar-refractivity contribution in [2.45, 2.75) is 91.6 Å². The number of rotatable bonds is 3. The summed E-state index contributed by atoms with van der Waals surface area (Å²) in [6.45, 7) is 11.8. The van der Waals surface area contributed by atoms with Gasteiger partial charge in [-0.3, -0.25) is 9.59 Å². The van der Waals surface area contributed by atoms with Gasteiger partial charge in [0.05, 0.1) is 0 Å². The minimum absolute atomic E-state index is 0.0355. The molecule has 5 rings (SSSR count). The van der Waals surface area contributed by atoms with Crippen molar-refractivity contribution in [1.82, 2.24) is 0 Å². The minimum atomic E-state index is -0.155. The summed E-state index contributed by atoms with van der Waals surface area (Å²) < 4.78 is 6.15. The van der Waals surface area contributed by atoms with E-state index in [2.05, 4.69) is 34.6 Å². The molecule has 0 bridgehead atoms. The summed E-state index contributed by atoms with van der Waals surface area (Å²) >= 11 is 0. The van der Waals surface area contributed by atoms with E-state index >= 15 is 0 Å². The second kappa shape index (κ2) is 6.20. The van der Waals surface area contributed by atoms with Crippen LogP contribution >= 0.6 is 0 Å². The van der Waals surface area contributed by atoms with Gasteiger partial charge in [-0.25, -0.2) is 0 Å². The number of carbonyl (C=O) groups excluding carboxylic acids is 2. The number of allylic oxidation sites excluding steroid dienone is 2. The number of carbonyl (C=O) groups is 2. The summed E-state index contributed by atoms with van der Waals surface area (Å²) in [6.07, 6.45) is 10.2. The quantitative estimate of drug-likeness (QED) is 0.571. The molecule has 0 amide bonds. The molecule has 29 heavy (non-hydrogen) atoms. The van der Waals surface area contributed by atoms with Crippen molar-refractivity contribution in [3.05, 3.63) is 11.6 Å². The van der Waals surface area contributed by atoms with Crippen LogP contribution in [0.4, 0.5) is 0 Å². The first kappa shape index (κ1) is 19.8. The second-order valence-corrected chi connectivity index (χ2v) is 11.9. The molecule has 3 nitrogen and oxygen atoms in total. The van der Waals surface area contributed by atoms with Gasteiger partial charge < -0.3 is 4.74 Å². The van der Waals surface area contributed by atoms with E-state index in [0.717, 1.165) is 18.8 Å². The lowest BCUT2D eigenvalue weighted by atomic mass is 9.51. The molecule has 3 saturated carbocycles. The van der Waals surface area contributed by atoms with Gasteiger partial charge in [0.25, 0.3) is 0 Å². The molecule has 0 N–H and O–H groups in total. The van der Waals surface area contributed by atoms with E-state index in [4.69, 9.17) is 4.74 Å². The molecule has 0 aromatic carbocycles. The molecule has 1 aliphatic heterocycles. The summed E-state index contributed by atoms with van der Waals surface area (Å²) in [5.74, 6) is 4.08. The fourth-order valence-corrected chi connectivity index (χ4v) is 8.36. The van der Waals surface area contributed by atoms with Crippen molar-refractivity contribution in [2.24, 2.45) is 46.3 Å². The normalized spacial score (nSPS) is 49.7. The van der Waals surface area contributed by atoms with Gasteiger partial charge in [-0.05, 0) is 79.6 Å². The van der Waals surface area contributed by atoms with Gasteiger partial charge in [0, 0.05) is 24.2 Å². The van der Waals surface area contributed by atoms with E-state index in [1.54, 1.807) is 0 Å². The van der Waals surface area contributed by atoms with Gasteiger partial charge in [0.15, 0.2) is 5.78 Å². The third-order valence-electron chi connectivity index (χ3n) is 10.5. The lowest BCUT2D eigenvalue weighted by Crippen LogP contribution is -2.52. The first-order valence-electron chi connectivity index (χ1n) is 12.1. The Morgan fingerprint density at radius 3 is 2.41 bits per heavy atom. The topological polar surface area (TPSA) is 43.4 Å². The zero-order valence-corrected chi connectivity index (χ0v) is 18.9. The zero-order valence-electron chi connectivity index (χ0n) is 18.9. The molecule has 0 aromatic heterocycles. The Balaban J connectivity index is 1.45. The zero-order chi connectivity index (χ0) is 20.8. The van der Waals surface area contributed by atoms with E-state index in [1.807, 2.05) is 6.08 Å². The van der Waals surface area contributed by atoms with E-state index in [1.165, 1.54) is 31.3 Å². The SMILES string of the molecule is CC(C)[C@@H](C)C1=CC(=O)CC[C@]1(C)[C@H]1CC[C@@]2(C)[C@H](C1)[C@@H]1C[C@@H]1[C@@]21CCC(=O)O1. The summed E-state index contributed by atoms with van der Waals surface area (Å²) in [5.41, 5.74) is 1.57. The molecule has 3 heteroatoms. The highest BCUT2D eigenvalue weighted by atomic mass is 16.6. The summed E-state index contributed by atoms with van der Waals surface area (Å²) in [4.78, 5) is 24.4. The van der Waals surface area contributed by atoms with E-state index in [-0.39, 0.29) is 22.4 Å². The van der Waals surface area contributed by atoms with Crippen molar-refractivity contribution in [3.63, 3.8) is 0 Å². The Kier molecular flexibility index (Phi) is 4.24. The predicted octanol–water partition coefficient (Wildman–Crippen LogP) is 5.72. The van der Waals surface area contributed by atoms with Crippen LogP contribution in [0, 0.1) is 46.3 Å². The summed E-state index contributed by atoms with van der Waals surface area (Å²) in [5, 5.41) is 0. The molecular formula is C26H38O3. The van der Waals surface area contributed by atoms with E-state index in [0.29, 0.717) is 48.2 Å². The minimum Gasteiger partial charge on any atom is -0.458 e. The molecule has 4 aliphatic carbocycles. The third kappa shape index (κ3) is 2.54. The van der Waals surface area contributed by atoms with Crippen LogP contribution in [-0.2, 0) is 14.3 Å². The van der Waals surface area contributed by atoms with Gasteiger partial charge in [-0.15, -0.1) is 0 Å².